The molecule has 1 N–H and O–H groups in total. The summed E-state index contributed by atoms with van der Waals surface area (Å²) in [6.45, 7) is 4.64. The monoisotopic (exact) mass is 280 g/mol. The van der Waals surface area contributed by atoms with Crippen molar-refractivity contribution in [3.05, 3.63) is 28.4 Å². The summed E-state index contributed by atoms with van der Waals surface area (Å²) in [6.07, 6.45) is 0.289. The third-order valence-corrected chi connectivity index (χ3v) is 3.47. The van der Waals surface area contributed by atoms with Gasteiger partial charge in [-0.25, -0.2) is 9.78 Å². The molecule has 8 nitrogen and oxygen atoms in total. The smallest absolute Gasteiger partial charge is 0.407 e. The SMILES string of the molecule is C[C@@H]1CN(c2ccc([N+](=O)[O-])cn2)[C@@H](C)CN1C(=O)O. The summed E-state index contributed by atoms with van der Waals surface area (Å²) in [5, 5.41) is 19.7. The van der Waals surface area contributed by atoms with Gasteiger partial charge in [0.15, 0.2) is 0 Å². The lowest BCUT2D eigenvalue weighted by atomic mass is 10.1. The van der Waals surface area contributed by atoms with Crippen molar-refractivity contribution in [3.8, 4) is 0 Å². The Labute approximate surface area is 115 Å². The maximum atomic E-state index is 11.1. The number of aromatic nitrogens is 1. The van der Waals surface area contributed by atoms with Crippen LogP contribution in [-0.4, -0.2) is 51.2 Å². The number of amides is 1. The first-order valence-corrected chi connectivity index (χ1v) is 6.26. The Morgan fingerprint density at radius 2 is 2.10 bits per heavy atom. The Balaban J connectivity index is 2.17. The molecule has 1 aliphatic rings. The second kappa shape index (κ2) is 5.32. The highest BCUT2D eigenvalue weighted by Gasteiger charge is 2.32. The van der Waals surface area contributed by atoms with Crippen molar-refractivity contribution in [2.75, 3.05) is 18.0 Å². The van der Waals surface area contributed by atoms with Gasteiger partial charge in [-0.3, -0.25) is 10.1 Å². The van der Waals surface area contributed by atoms with E-state index in [4.69, 9.17) is 5.11 Å². The summed E-state index contributed by atoms with van der Waals surface area (Å²) < 4.78 is 0. The largest absolute Gasteiger partial charge is 0.465 e. The van der Waals surface area contributed by atoms with E-state index in [1.807, 2.05) is 18.7 Å². The number of anilines is 1. The Morgan fingerprint density at radius 3 is 2.60 bits per heavy atom. The van der Waals surface area contributed by atoms with E-state index in [1.165, 1.54) is 17.2 Å². The number of piperazine rings is 1. The van der Waals surface area contributed by atoms with Gasteiger partial charge in [-0.15, -0.1) is 0 Å². The van der Waals surface area contributed by atoms with Crippen molar-refractivity contribution in [2.45, 2.75) is 25.9 Å². The normalized spacial score (nSPS) is 22.7. The van der Waals surface area contributed by atoms with Gasteiger partial charge >= 0.3 is 6.09 Å². The number of hydrogen-bond donors (Lipinski definition) is 1. The summed E-state index contributed by atoms with van der Waals surface area (Å²) in [5.41, 5.74) is -0.0568. The van der Waals surface area contributed by atoms with E-state index in [-0.39, 0.29) is 17.8 Å². The molecule has 0 radical (unpaired) electrons. The molecule has 0 saturated carbocycles. The van der Waals surface area contributed by atoms with E-state index in [0.29, 0.717) is 18.9 Å². The highest BCUT2D eigenvalue weighted by Crippen LogP contribution is 2.23. The molecule has 1 fully saturated rings. The van der Waals surface area contributed by atoms with E-state index in [9.17, 15) is 14.9 Å². The van der Waals surface area contributed by atoms with Gasteiger partial charge in [-0.2, -0.15) is 0 Å². The van der Waals surface area contributed by atoms with Crippen LogP contribution in [0, 0.1) is 10.1 Å². The third-order valence-electron chi connectivity index (χ3n) is 3.47. The molecule has 0 spiro atoms. The lowest BCUT2D eigenvalue weighted by Crippen LogP contribution is -2.58. The van der Waals surface area contributed by atoms with Gasteiger partial charge in [-0.05, 0) is 19.9 Å². The first-order chi connectivity index (χ1) is 9.40. The summed E-state index contributed by atoms with van der Waals surface area (Å²) in [4.78, 5) is 28.7. The lowest BCUT2D eigenvalue weighted by molar-refractivity contribution is -0.385. The molecule has 0 aliphatic carbocycles. The zero-order chi connectivity index (χ0) is 14.9. The predicted molar refractivity (Wildman–Crippen MR) is 71.9 cm³/mol. The Kier molecular flexibility index (Phi) is 3.73. The standard InChI is InChI=1S/C12H16N4O4/c1-8-7-15(12(17)18)9(2)6-14(8)11-4-3-10(5-13-11)16(19)20/h3-5,8-9H,6-7H2,1-2H3,(H,17,18)/t8-,9+/m0/s1. The molecule has 1 aliphatic heterocycles. The minimum absolute atomic E-state index is 0.0312. The van der Waals surface area contributed by atoms with Crippen LogP contribution in [0.15, 0.2) is 18.3 Å². The van der Waals surface area contributed by atoms with Gasteiger partial charge in [0, 0.05) is 31.2 Å². The average Bonchev–Trinajstić information content (AvgIpc) is 2.40. The Morgan fingerprint density at radius 1 is 1.40 bits per heavy atom. The van der Waals surface area contributed by atoms with Gasteiger partial charge in [0.25, 0.3) is 5.69 Å². The number of rotatable bonds is 2. The lowest BCUT2D eigenvalue weighted by Gasteiger charge is -2.43. The maximum Gasteiger partial charge on any atom is 0.407 e. The zero-order valence-corrected chi connectivity index (χ0v) is 11.3. The molecule has 1 aromatic heterocycles. The summed E-state index contributed by atoms with van der Waals surface area (Å²) in [7, 11) is 0. The minimum Gasteiger partial charge on any atom is -0.465 e. The van der Waals surface area contributed by atoms with E-state index >= 15 is 0 Å². The van der Waals surface area contributed by atoms with Crippen molar-refractivity contribution < 1.29 is 14.8 Å². The van der Waals surface area contributed by atoms with Crippen molar-refractivity contribution >= 4 is 17.6 Å². The van der Waals surface area contributed by atoms with E-state index < -0.39 is 11.0 Å². The van der Waals surface area contributed by atoms with Gasteiger partial charge in [0.05, 0.1) is 4.92 Å². The highest BCUT2D eigenvalue weighted by atomic mass is 16.6. The van der Waals surface area contributed by atoms with Crippen LogP contribution < -0.4 is 4.90 Å². The Hall–Kier alpha value is -2.38. The van der Waals surface area contributed by atoms with Crippen molar-refractivity contribution in [2.24, 2.45) is 0 Å². The number of nitro groups is 1. The second-order valence-corrected chi connectivity index (χ2v) is 4.92. The molecule has 1 aromatic rings. The van der Waals surface area contributed by atoms with Crippen LogP contribution in [0.4, 0.5) is 16.3 Å². The molecule has 2 atom stereocenters. The summed E-state index contributed by atoms with van der Waals surface area (Å²) in [6, 6.07) is 2.82. The molecular weight excluding hydrogens is 264 g/mol. The van der Waals surface area contributed by atoms with Crippen molar-refractivity contribution in [3.63, 3.8) is 0 Å². The fourth-order valence-electron chi connectivity index (χ4n) is 2.37. The quantitative estimate of drug-likeness (QED) is 0.652. The maximum absolute atomic E-state index is 11.1. The number of nitrogens with zero attached hydrogens (tertiary/aromatic N) is 4. The Bertz CT molecular complexity index is 519. The number of hydrogen-bond acceptors (Lipinski definition) is 5. The molecule has 1 saturated heterocycles. The fraction of sp³-hybridized carbons (Fsp3) is 0.500. The van der Waals surface area contributed by atoms with E-state index in [1.54, 1.807) is 6.07 Å². The number of pyridine rings is 1. The topological polar surface area (TPSA) is 99.8 Å². The molecule has 0 aromatic carbocycles. The minimum atomic E-state index is -0.930. The molecular formula is C12H16N4O4. The second-order valence-electron chi connectivity index (χ2n) is 4.92. The molecule has 108 valence electrons. The van der Waals surface area contributed by atoms with E-state index in [0.717, 1.165) is 0 Å². The predicted octanol–water partition coefficient (Wildman–Crippen LogP) is 1.57. The van der Waals surface area contributed by atoms with Crippen LogP contribution >= 0.6 is 0 Å². The summed E-state index contributed by atoms with van der Waals surface area (Å²) in [5.74, 6) is 0.625. The van der Waals surface area contributed by atoms with E-state index in [2.05, 4.69) is 4.98 Å². The molecule has 1 amide bonds. The van der Waals surface area contributed by atoms with Crippen LogP contribution in [0.1, 0.15) is 13.8 Å². The van der Waals surface area contributed by atoms with Crippen LogP contribution in [0.5, 0.6) is 0 Å². The fourth-order valence-corrected chi connectivity index (χ4v) is 2.37. The molecule has 2 rings (SSSR count). The van der Waals surface area contributed by atoms with Crippen LogP contribution in [-0.2, 0) is 0 Å². The molecule has 0 bridgehead atoms. The van der Waals surface area contributed by atoms with Crippen molar-refractivity contribution in [1.82, 2.24) is 9.88 Å². The zero-order valence-electron chi connectivity index (χ0n) is 11.3. The molecule has 2 heterocycles. The molecule has 8 heteroatoms. The average molecular weight is 280 g/mol. The third kappa shape index (κ3) is 2.63. The molecule has 20 heavy (non-hydrogen) atoms. The first kappa shape index (κ1) is 14.0. The van der Waals surface area contributed by atoms with Crippen LogP contribution in [0.25, 0.3) is 0 Å². The number of carbonyl (C=O) groups is 1. The van der Waals surface area contributed by atoms with Gasteiger partial charge in [0.2, 0.25) is 0 Å². The highest BCUT2D eigenvalue weighted by molar-refractivity contribution is 5.66. The first-order valence-electron chi connectivity index (χ1n) is 6.26. The van der Waals surface area contributed by atoms with Crippen LogP contribution in [0.3, 0.4) is 0 Å². The molecule has 0 unspecified atom stereocenters. The van der Waals surface area contributed by atoms with Crippen LogP contribution in [0.2, 0.25) is 0 Å². The van der Waals surface area contributed by atoms with Gasteiger partial charge in [0.1, 0.15) is 12.0 Å². The van der Waals surface area contributed by atoms with Gasteiger partial charge < -0.3 is 14.9 Å². The summed E-state index contributed by atoms with van der Waals surface area (Å²) >= 11 is 0. The van der Waals surface area contributed by atoms with Crippen molar-refractivity contribution in [1.29, 1.82) is 0 Å². The number of carboxylic acid groups (broad SMARTS) is 1. The van der Waals surface area contributed by atoms with Gasteiger partial charge in [-0.1, -0.05) is 0 Å².